The molecule has 2 heterocycles. The summed E-state index contributed by atoms with van der Waals surface area (Å²) in [7, 11) is 0. The first kappa shape index (κ1) is 19.2. The van der Waals surface area contributed by atoms with Crippen LogP contribution in [0.5, 0.6) is 0 Å². The van der Waals surface area contributed by atoms with Crippen LogP contribution in [-0.2, 0) is 11.2 Å². The van der Waals surface area contributed by atoms with Crippen LogP contribution in [0.4, 0.5) is 0 Å². The maximum Gasteiger partial charge on any atom is 0.227 e. The third-order valence-electron chi connectivity index (χ3n) is 3.57. The van der Waals surface area contributed by atoms with Crippen molar-refractivity contribution in [2.45, 2.75) is 26.2 Å². The first-order valence-electron chi connectivity index (χ1n) is 6.59. The van der Waals surface area contributed by atoms with Crippen LogP contribution in [0.15, 0.2) is 24.5 Å². The van der Waals surface area contributed by atoms with E-state index in [0.717, 1.165) is 37.9 Å². The van der Waals surface area contributed by atoms with Crippen LogP contribution >= 0.6 is 24.8 Å². The molecular formula is C14H23Cl2N3O. The smallest absolute Gasteiger partial charge is 0.227 e. The lowest BCUT2D eigenvalue weighted by molar-refractivity contribution is -0.131. The fourth-order valence-corrected chi connectivity index (χ4v) is 2.33. The Morgan fingerprint density at radius 3 is 2.90 bits per heavy atom. The normalized spacial score (nSPS) is 21.2. The zero-order chi connectivity index (χ0) is 12.8. The van der Waals surface area contributed by atoms with E-state index in [1.54, 1.807) is 6.20 Å². The van der Waals surface area contributed by atoms with Gasteiger partial charge in [-0.1, -0.05) is 6.07 Å². The Bertz CT molecular complexity index is 395. The summed E-state index contributed by atoms with van der Waals surface area (Å²) in [5.74, 6) is 0.165. The second-order valence-corrected chi connectivity index (χ2v) is 5.21. The number of hydrogen-bond donors (Lipinski definition) is 2. The molecule has 1 aromatic rings. The molecule has 1 aliphatic rings. The van der Waals surface area contributed by atoms with Crippen molar-refractivity contribution >= 4 is 30.7 Å². The molecule has 2 N–H and O–H groups in total. The van der Waals surface area contributed by atoms with Crippen molar-refractivity contribution in [3.8, 4) is 0 Å². The van der Waals surface area contributed by atoms with Gasteiger partial charge in [-0.05, 0) is 44.4 Å². The number of aromatic nitrogens is 1. The van der Waals surface area contributed by atoms with Gasteiger partial charge in [-0.15, -0.1) is 24.8 Å². The standard InChI is InChI=1S/C14H21N3O.2ClH/c1-14(6-3-8-16-11-14)13(18)17-9-5-12-4-2-7-15-10-12;;/h2,4,7,10,16H,3,5-6,8-9,11H2,1H3,(H,17,18);2*1H. The predicted octanol–water partition coefficient (Wildman–Crippen LogP) is 1.97. The van der Waals surface area contributed by atoms with Gasteiger partial charge in [-0.25, -0.2) is 0 Å². The molecule has 1 aliphatic heterocycles. The van der Waals surface area contributed by atoms with E-state index in [1.807, 2.05) is 25.3 Å². The minimum absolute atomic E-state index is 0. The van der Waals surface area contributed by atoms with Gasteiger partial charge in [0.2, 0.25) is 5.91 Å². The van der Waals surface area contributed by atoms with Crippen LogP contribution in [0.1, 0.15) is 25.3 Å². The second kappa shape index (κ2) is 9.16. The van der Waals surface area contributed by atoms with Crippen molar-refractivity contribution in [2.75, 3.05) is 19.6 Å². The van der Waals surface area contributed by atoms with Crippen LogP contribution in [0, 0.1) is 5.41 Å². The summed E-state index contributed by atoms with van der Waals surface area (Å²) in [6, 6.07) is 3.95. The molecule has 1 amide bonds. The van der Waals surface area contributed by atoms with Gasteiger partial charge < -0.3 is 10.6 Å². The Balaban J connectivity index is 0.00000180. The van der Waals surface area contributed by atoms with E-state index >= 15 is 0 Å². The topological polar surface area (TPSA) is 54.0 Å². The molecule has 1 unspecified atom stereocenters. The number of nitrogens with zero attached hydrogens (tertiary/aromatic N) is 1. The number of nitrogens with one attached hydrogen (secondary N) is 2. The van der Waals surface area contributed by atoms with Gasteiger partial charge in [0.15, 0.2) is 0 Å². The first-order valence-corrected chi connectivity index (χ1v) is 6.59. The molecule has 1 atom stereocenters. The molecule has 114 valence electrons. The van der Waals surface area contributed by atoms with Crippen LogP contribution in [0.2, 0.25) is 0 Å². The quantitative estimate of drug-likeness (QED) is 0.892. The zero-order valence-corrected chi connectivity index (χ0v) is 13.4. The highest BCUT2D eigenvalue weighted by molar-refractivity contribution is 5.85. The molecule has 1 saturated heterocycles. The molecular weight excluding hydrogens is 297 g/mol. The van der Waals surface area contributed by atoms with Gasteiger partial charge in [0, 0.05) is 25.5 Å². The molecule has 20 heavy (non-hydrogen) atoms. The minimum atomic E-state index is -0.243. The second-order valence-electron chi connectivity index (χ2n) is 5.21. The van der Waals surface area contributed by atoms with Crippen molar-refractivity contribution in [1.82, 2.24) is 15.6 Å². The molecule has 1 aromatic heterocycles. The molecule has 0 radical (unpaired) electrons. The summed E-state index contributed by atoms with van der Waals surface area (Å²) in [4.78, 5) is 16.2. The lowest BCUT2D eigenvalue weighted by Crippen LogP contribution is -2.49. The first-order chi connectivity index (χ1) is 8.71. The summed E-state index contributed by atoms with van der Waals surface area (Å²) < 4.78 is 0. The average Bonchev–Trinajstić information content (AvgIpc) is 2.41. The molecule has 0 bridgehead atoms. The maximum atomic E-state index is 12.1. The molecule has 2 rings (SSSR count). The van der Waals surface area contributed by atoms with E-state index in [0.29, 0.717) is 6.54 Å². The van der Waals surface area contributed by atoms with Crippen molar-refractivity contribution in [2.24, 2.45) is 5.41 Å². The van der Waals surface area contributed by atoms with Gasteiger partial charge in [0.05, 0.1) is 5.41 Å². The Hall–Kier alpha value is -0.840. The van der Waals surface area contributed by atoms with Crippen molar-refractivity contribution in [3.05, 3.63) is 30.1 Å². The summed E-state index contributed by atoms with van der Waals surface area (Å²) in [6.07, 6.45) is 6.49. The minimum Gasteiger partial charge on any atom is -0.355 e. The summed E-state index contributed by atoms with van der Waals surface area (Å²) in [5, 5.41) is 6.33. The number of rotatable bonds is 4. The summed E-state index contributed by atoms with van der Waals surface area (Å²) >= 11 is 0. The van der Waals surface area contributed by atoms with E-state index in [2.05, 4.69) is 15.6 Å². The number of halogens is 2. The van der Waals surface area contributed by atoms with Gasteiger partial charge >= 0.3 is 0 Å². The number of carbonyl (C=O) groups is 1. The molecule has 0 aliphatic carbocycles. The van der Waals surface area contributed by atoms with Crippen LogP contribution in [0.3, 0.4) is 0 Å². The number of amides is 1. The Labute approximate surface area is 132 Å². The third kappa shape index (κ3) is 5.27. The molecule has 0 saturated carbocycles. The Morgan fingerprint density at radius 2 is 2.30 bits per heavy atom. The summed E-state index contributed by atoms with van der Waals surface area (Å²) in [5.41, 5.74) is 0.914. The van der Waals surface area contributed by atoms with Gasteiger partial charge in [0.25, 0.3) is 0 Å². The number of pyridine rings is 1. The van der Waals surface area contributed by atoms with E-state index in [1.165, 1.54) is 0 Å². The number of hydrogen-bond acceptors (Lipinski definition) is 3. The molecule has 1 fully saturated rings. The largest absolute Gasteiger partial charge is 0.355 e. The SMILES string of the molecule is CC1(C(=O)NCCc2cccnc2)CCCNC1.Cl.Cl. The van der Waals surface area contributed by atoms with Crippen LogP contribution < -0.4 is 10.6 Å². The van der Waals surface area contributed by atoms with Gasteiger partial charge in [0.1, 0.15) is 0 Å². The highest BCUT2D eigenvalue weighted by Gasteiger charge is 2.34. The predicted molar refractivity (Wildman–Crippen MR) is 85.7 cm³/mol. The van der Waals surface area contributed by atoms with E-state index in [-0.39, 0.29) is 36.1 Å². The van der Waals surface area contributed by atoms with Crippen LogP contribution in [0.25, 0.3) is 0 Å². The fraction of sp³-hybridized carbons (Fsp3) is 0.571. The van der Waals surface area contributed by atoms with Gasteiger partial charge in [-0.3, -0.25) is 9.78 Å². The van der Waals surface area contributed by atoms with E-state index in [9.17, 15) is 4.79 Å². The molecule has 6 heteroatoms. The van der Waals surface area contributed by atoms with Crippen molar-refractivity contribution in [1.29, 1.82) is 0 Å². The van der Waals surface area contributed by atoms with Crippen molar-refractivity contribution in [3.63, 3.8) is 0 Å². The lowest BCUT2D eigenvalue weighted by atomic mass is 9.82. The van der Waals surface area contributed by atoms with Crippen LogP contribution in [-0.4, -0.2) is 30.5 Å². The van der Waals surface area contributed by atoms with Gasteiger partial charge in [-0.2, -0.15) is 0 Å². The Morgan fingerprint density at radius 1 is 1.50 bits per heavy atom. The number of piperidine rings is 1. The highest BCUT2D eigenvalue weighted by atomic mass is 35.5. The summed E-state index contributed by atoms with van der Waals surface area (Å²) in [6.45, 7) is 4.53. The molecule has 4 nitrogen and oxygen atoms in total. The third-order valence-corrected chi connectivity index (χ3v) is 3.57. The highest BCUT2D eigenvalue weighted by Crippen LogP contribution is 2.25. The lowest BCUT2D eigenvalue weighted by Gasteiger charge is -2.32. The van der Waals surface area contributed by atoms with E-state index in [4.69, 9.17) is 0 Å². The van der Waals surface area contributed by atoms with E-state index < -0.39 is 0 Å². The molecule has 0 aromatic carbocycles. The Kier molecular flexibility index (Phi) is 8.78. The fourth-order valence-electron chi connectivity index (χ4n) is 2.33. The van der Waals surface area contributed by atoms with Crippen molar-refractivity contribution < 1.29 is 4.79 Å². The number of carbonyl (C=O) groups excluding carboxylic acids is 1. The zero-order valence-electron chi connectivity index (χ0n) is 11.7. The molecule has 0 spiro atoms. The maximum absolute atomic E-state index is 12.1. The average molecular weight is 320 g/mol. The monoisotopic (exact) mass is 319 g/mol.